The monoisotopic (exact) mass is 456 g/mol. The Hall–Kier alpha value is -2.44. The summed E-state index contributed by atoms with van der Waals surface area (Å²) in [4.78, 5) is 30.5. The van der Waals surface area contributed by atoms with E-state index < -0.39 is 16.1 Å². The minimum Gasteiger partial charge on any atom is -0.395 e. The van der Waals surface area contributed by atoms with Crippen LogP contribution in [0.2, 0.25) is 0 Å². The quantitative estimate of drug-likeness (QED) is 0.348. The van der Waals surface area contributed by atoms with Crippen LogP contribution in [0.1, 0.15) is 44.1 Å². The first kappa shape index (κ1) is 24.8. The van der Waals surface area contributed by atoms with E-state index in [0.29, 0.717) is 11.3 Å². The van der Waals surface area contributed by atoms with Crippen molar-refractivity contribution in [1.82, 2.24) is 20.5 Å². The molecule has 4 amide bonds. The fourth-order valence-electron chi connectivity index (χ4n) is 3.56. The number of aromatic nitrogens is 1. The number of anilines is 1. The highest BCUT2D eigenvalue weighted by Crippen LogP contribution is 2.24. The molecule has 1 aromatic heterocycles. The summed E-state index contributed by atoms with van der Waals surface area (Å²) >= 11 is 0. The van der Waals surface area contributed by atoms with Crippen molar-refractivity contribution < 1.29 is 23.1 Å². The molecule has 1 heterocycles. The number of carbonyl (C=O) groups is 2. The highest BCUT2D eigenvalue weighted by molar-refractivity contribution is 7.89. The topological polar surface area (TPSA) is 167 Å². The number of nitrogens with one attached hydrogen (secondary N) is 3. The number of amides is 4. The van der Waals surface area contributed by atoms with Gasteiger partial charge in [0.1, 0.15) is 0 Å². The molecular formula is C19H32N6O5S. The van der Waals surface area contributed by atoms with E-state index in [1.54, 1.807) is 17.2 Å². The molecule has 0 spiro atoms. The maximum atomic E-state index is 13.1. The normalized spacial score (nSPS) is 14.6. The number of urea groups is 2. The van der Waals surface area contributed by atoms with Crippen molar-refractivity contribution in [3.8, 4) is 0 Å². The summed E-state index contributed by atoms with van der Waals surface area (Å²) in [5.74, 6) is -0.186. The van der Waals surface area contributed by atoms with Crippen LogP contribution >= 0.6 is 0 Å². The van der Waals surface area contributed by atoms with Gasteiger partial charge in [0.05, 0.1) is 24.2 Å². The molecule has 0 atom stereocenters. The molecule has 1 aliphatic rings. The molecular weight excluding hydrogens is 424 g/mol. The number of rotatable bonds is 10. The van der Waals surface area contributed by atoms with Crippen molar-refractivity contribution in [2.24, 2.45) is 5.14 Å². The lowest BCUT2D eigenvalue weighted by Gasteiger charge is -2.34. The molecule has 0 radical (unpaired) electrons. The number of hydrogen-bond acceptors (Lipinski definition) is 6. The zero-order chi connectivity index (χ0) is 22.7. The standard InChI is InChI=1S/C19H32N6O5S/c20-31(29,30)12-4-10-25(16-5-2-1-3-6-16)19(28)24-17-14-21-8-7-15(17)13-23-18(27)22-9-11-26/h7-8,14,16,26H,1-6,9-13H2,(H,24,28)(H2,20,29,30)(H2,22,23,27). The largest absolute Gasteiger partial charge is 0.395 e. The number of nitrogens with two attached hydrogens (primary N) is 1. The lowest BCUT2D eigenvalue weighted by atomic mass is 9.94. The van der Waals surface area contributed by atoms with Gasteiger partial charge in [-0.3, -0.25) is 4.98 Å². The van der Waals surface area contributed by atoms with E-state index in [4.69, 9.17) is 10.2 Å². The maximum absolute atomic E-state index is 13.1. The van der Waals surface area contributed by atoms with Crippen LogP contribution in [0.4, 0.5) is 15.3 Å². The zero-order valence-electron chi connectivity index (χ0n) is 17.5. The van der Waals surface area contributed by atoms with Gasteiger partial charge in [-0.15, -0.1) is 0 Å². The lowest BCUT2D eigenvalue weighted by molar-refractivity contribution is 0.167. The molecule has 11 nitrogen and oxygen atoms in total. The van der Waals surface area contributed by atoms with Gasteiger partial charge in [0, 0.05) is 31.9 Å². The number of sulfonamides is 1. The first-order valence-electron chi connectivity index (χ1n) is 10.4. The summed E-state index contributed by atoms with van der Waals surface area (Å²) in [6.07, 6.45) is 8.23. The van der Waals surface area contributed by atoms with Crippen molar-refractivity contribution in [2.45, 2.75) is 51.1 Å². The lowest BCUT2D eigenvalue weighted by Crippen LogP contribution is -2.45. The number of pyridine rings is 1. The van der Waals surface area contributed by atoms with Gasteiger partial charge >= 0.3 is 12.1 Å². The van der Waals surface area contributed by atoms with E-state index in [1.807, 2.05) is 0 Å². The van der Waals surface area contributed by atoms with Crippen molar-refractivity contribution in [2.75, 3.05) is 30.8 Å². The molecule has 1 saturated carbocycles. The molecule has 2 rings (SSSR count). The van der Waals surface area contributed by atoms with Crippen LogP contribution in [0.5, 0.6) is 0 Å². The van der Waals surface area contributed by atoms with Crippen LogP contribution in [0.25, 0.3) is 0 Å². The van der Waals surface area contributed by atoms with E-state index in [1.165, 1.54) is 6.20 Å². The maximum Gasteiger partial charge on any atom is 0.322 e. The Kier molecular flexibility index (Phi) is 9.95. The number of primary sulfonamides is 1. The third kappa shape index (κ3) is 9.07. The highest BCUT2D eigenvalue weighted by atomic mass is 32.2. The summed E-state index contributed by atoms with van der Waals surface area (Å²) in [6.45, 7) is 0.418. The molecule has 0 saturated heterocycles. The Labute approximate surface area is 182 Å². The third-order valence-corrected chi connectivity index (χ3v) is 5.95. The van der Waals surface area contributed by atoms with E-state index >= 15 is 0 Å². The van der Waals surface area contributed by atoms with Crippen molar-refractivity contribution in [3.05, 3.63) is 24.0 Å². The minimum absolute atomic E-state index is 0.0386. The first-order valence-corrected chi connectivity index (χ1v) is 12.1. The summed E-state index contributed by atoms with van der Waals surface area (Å²) in [5.41, 5.74) is 1.12. The first-order chi connectivity index (χ1) is 14.8. The fraction of sp³-hybridized carbons (Fsp3) is 0.632. The van der Waals surface area contributed by atoms with E-state index in [2.05, 4.69) is 20.9 Å². The van der Waals surface area contributed by atoms with Crippen LogP contribution in [0.15, 0.2) is 18.5 Å². The van der Waals surface area contributed by atoms with E-state index in [9.17, 15) is 18.0 Å². The Balaban J connectivity index is 2.05. The fourth-order valence-corrected chi connectivity index (χ4v) is 4.09. The van der Waals surface area contributed by atoms with Gasteiger partial charge < -0.3 is 26.0 Å². The highest BCUT2D eigenvalue weighted by Gasteiger charge is 2.26. The summed E-state index contributed by atoms with van der Waals surface area (Å²) in [7, 11) is -3.59. The average Bonchev–Trinajstić information content (AvgIpc) is 2.74. The Bertz CT molecular complexity index is 829. The average molecular weight is 457 g/mol. The van der Waals surface area contributed by atoms with Gasteiger partial charge in [0.2, 0.25) is 10.0 Å². The number of hydrogen-bond donors (Lipinski definition) is 5. The van der Waals surface area contributed by atoms with E-state index in [-0.39, 0.29) is 50.5 Å². The molecule has 0 bridgehead atoms. The summed E-state index contributed by atoms with van der Waals surface area (Å²) in [6, 6.07) is 0.959. The van der Waals surface area contributed by atoms with Crippen molar-refractivity contribution in [3.63, 3.8) is 0 Å². The molecule has 0 aromatic carbocycles. The van der Waals surface area contributed by atoms with Crippen LogP contribution < -0.4 is 21.1 Å². The third-order valence-electron chi connectivity index (χ3n) is 5.09. The molecule has 174 valence electrons. The molecule has 12 heteroatoms. The molecule has 0 aliphatic heterocycles. The Morgan fingerprint density at radius 2 is 1.97 bits per heavy atom. The second-order valence-electron chi connectivity index (χ2n) is 7.50. The predicted molar refractivity (Wildman–Crippen MR) is 117 cm³/mol. The van der Waals surface area contributed by atoms with Crippen LogP contribution in [0.3, 0.4) is 0 Å². The Morgan fingerprint density at radius 1 is 1.23 bits per heavy atom. The van der Waals surface area contributed by atoms with Gasteiger partial charge in [0.25, 0.3) is 0 Å². The van der Waals surface area contributed by atoms with Gasteiger partial charge in [-0.25, -0.2) is 23.1 Å². The van der Waals surface area contributed by atoms with Crippen molar-refractivity contribution >= 4 is 27.8 Å². The van der Waals surface area contributed by atoms with Gasteiger partial charge in [0.15, 0.2) is 0 Å². The molecule has 1 fully saturated rings. The van der Waals surface area contributed by atoms with Gasteiger partial charge in [-0.05, 0) is 30.9 Å². The van der Waals surface area contributed by atoms with Crippen LogP contribution in [-0.2, 0) is 16.6 Å². The molecule has 31 heavy (non-hydrogen) atoms. The van der Waals surface area contributed by atoms with E-state index in [0.717, 1.165) is 32.1 Å². The van der Waals surface area contributed by atoms with Crippen LogP contribution in [-0.4, -0.2) is 67.0 Å². The minimum atomic E-state index is -3.59. The second-order valence-corrected chi connectivity index (χ2v) is 9.24. The summed E-state index contributed by atoms with van der Waals surface area (Å²) in [5, 5.41) is 21.9. The number of aliphatic hydroxyl groups is 1. The SMILES string of the molecule is NS(=O)(=O)CCCN(C(=O)Nc1cnccc1CNC(=O)NCCO)C1CCCCC1. The predicted octanol–water partition coefficient (Wildman–Crippen LogP) is 0.718. The van der Waals surface area contributed by atoms with Crippen molar-refractivity contribution in [1.29, 1.82) is 0 Å². The number of carbonyl (C=O) groups excluding carboxylic acids is 2. The van der Waals surface area contributed by atoms with Gasteiger partial charge in [-0.1, -0.05) is 19.3 Å². The Morgan fingerprint density at radius 3 is 2.65 bits per heavy atom. The molecule has 0 unspecified atom stereocenters. The summed E-state index contributed by atoms with van der Waals surface area (Å²) < 4.78 is 22.6. The van der Waals surface area contributed by atoms with Gasteiger partial charge in [-0.2, -0.15) is 0 Å². The molecule has 1 aliphatic carbocycles. The molecule has 1 aromatic rings. The second kappa shape index (κ2) is 12.4. The number of aliphatic hydroxyl groups excluding tert-OH is 1. The zero-order valence-corrected chi connectivity index (χ0v) is 18.4. The number of nitrogens with zero attached hydrogens (tertiary/aromatic N) is 2. The smallest absolute Gasteiger partial charge is 0.322 e. The van der Waals surface area contributed by atoms with Crippen LogP contribution in [0, 0.1) is 0 Å². The molecule has 6 N–H and O–H groups in total.